The minimum atomic E-state index is 0.107. The molecule has 31 heavy (non-hydrogen) atoms. The molecule has 0 unspecified atom stereocenters. The molecule has 1 aromatic carbocycles. The van der Waals surface area contributed by atoms with Crippen LogP contribution in [-0.2, 0) is 4.74 Å². The molecule has 2 saturated heterocycles. The van der Waals surface area contributed by atoms with E-state index >= 15 is 0 Å². The highest BCUT2D eigenvalue weighted by Gasteiger charge is 2.27. The standard InChI is InChI=1S/C23H25N5O2S/c29-21(26-9-11-28(12-10-26)23-24-7-4-8-25-23)20-17-19(18-5-2-1-3-6-18)22(31-20)27-13-15-30-16-14-27/h1-8,17H,9-16H2. The number of hydrogen-bond acceptors (Lipinski definition) is 7. The molecule has 0 spiro atoms. The third-order valence-electron chi connectivity index (χ3n) is 5.71. The number of nitrogens with zero attached hydrogens (tertiary/aromatic N) is 5. The zero-order chi connectivity index (χ0) is 21.0. The maximum atomic E-state index is 13.4. The topological polar surface area (TPSA) is 61.8 Å². The van der Waals surface area contributed by atoms with Crippen molar-refractivity contribution in [3.05, 3.63) is 59.7 Å². The summed E-state index contributed by atoms with van der Waals surface area (Å²) in [5, 5.41) is 1.16. The summed E-state index contributed by atoms with van der Waals surface area (Å²) in [7, 11) is 0. The van der Waals surface area contributed by atoms with Crippen LogP contribution in [0.1, 0.15) is 9.67 Å². The molecule has 4 heterocycles. The summed E-state index contributed by atoms with van der Waals surface area (Å²) in [5.74, 6) is 0.835. The summed E-state index contributed by atoms with van der Waals surface area (Å²) in [6.45, 7) is 5.96. The number of benzene rings is 1. The van der Waals surface area contributed by atoms with Crippen LogP contribution in [-0.4, -0.2) is 73.3 Å². The van der Waals surface area contributed by atoms with Crippen LogP contribution >= 0.6 is 11.3 Å². The summed E-state index contributed by atoms with van der Waals surface area (Å²) < 4.78 is 5.54. The average Bonchev–Trinajstić information content (AvgIpc) is 3.31. The number of anilines is 2. The smallest absolute Gasteiger partial charge is 0.264 e. The van der Waals surface area contributed by atoms with E-state index < -0.39 is 0 Å². The van der Waals surface area contributed by atoms with Crippen molar-refractivity contribution in [3.63, 3.8) is 0 Å². The van der Waals surface area contributed by atoms with Crippen LogP contribution in [0.15, 0.2) is 54.9 Å². The number of morpholine rings is 1. The molecule has 8 heteroatoms. The minimum absolute atomic E-state index is 0.107. The van der Waals surface area contributed by atoms with Gasteiger partial charge in [0.25, 0.3) is 5.91 Å². The number of piperazine rings is 1. The molecule has 0 saturated carbocycles. The summed E-state index contributed by atoms with van der Waals surface area (Å²) in [6.07, 6.45) is 3.51. The number of rotatable bonds is 4. The quantitative estimate of drug-likeness (QED) is 0.628. The van der Waals surface area contributed by atoms with Crippen molar-refractivity contribution < 1.29 is 9.53 Å². The molecular weight excluding hydrogens is 410 g/mol. The summed E-state index contributed by atoms with van der Waals surface area (Å²) in [4.78, 5) is 29.2. The van der Waals surface area contributed by atoms with E-state index in [0.717, 1.165) is 66.3 Å². The minimum Gasteiger partial charge on any atom is -0.378 e. The Morgan fingerprint density at radius 1 is 0.871 bits per heavy atom. The number of amides is 1. The lowest BCUT2D eigenvalue weighted by atomic mass is 10.1. The van der Waals surface area contributed by atoms with Crippen molar-refractivity contribution in [2.75, 3.05) is 62.3 Å². The highest BCUT2D eigenvalue weighted by Crippen LogP contribution is 2.40. The lowest BCUT2D eigenvalue weighted by molar-refractivity contribution is 0.0751. The van der Waals surface area contributed by atoms with Gasteiger partial charge in [0.15, 0.2) is 0 Å². The fourth-order valence-electron chi connectivity index (χ4n) is 4.03. The van der Waals surface area contributed by atoms with Gasteiger partial charge in [-0.2, -0.15) is 0 Å². The van der Waals surface area contributed by atoms with Crippen LogP contribution < -0.4 is 9.80 Å². The van der Waals surface area contributed by atoms with Crippen molar-refractivity contribution in [1.29, 1.82) is 0 Å². The number of thiophene rings is 1. The molecule has 2 aliphatic rings. The second kappa shape index (κ2) is 9.03. The van der Waals surface area contributed by atoms with Crippen LogP contribution in [0.4, 0.5) is 10.9 Å². The van der Waals surface area contributed by atoms with E-state index in [2.05, 4.69) is 38.0 Å². The second-order valence-electron chi connectivity index (χ2n) is 7.62. The summed E-state index contributed by atoms with van der Waals surface area (Å²) >= 11 is 1.60. The largest absolute Gasteiger partial charge is 0.378 e. The Labute approximate surface area is 185 Å². The lowest BCUT2D eigenvalue weighted by Gasteiger charge is -2.34. The first-order valence-corrected chi connectivity index (χ1v) is 11.4. The first kappa shape index (κ1) is 20.0. The Hall–Kier alpha value is -2.97. The molecule has 2 fully saturated rings. The summed E-state index contributed by atoms with van der Waals surface area (Å²) in [6, 6.07) is 14.2. The molecule has 1 amide bonds. The zero-order valence-corrected chi connectivity index (χ0v) is 18.1. The highest BCUT2D eigenvalue weighted by atomic mass is 32.1. The van der Waals surface area contributed by atoms with Crippen LogP contribution in [0.3, 0.4) is 0 Å². The number of carbonyl (C=O) groups is 1. The van der Waals surface area contributed by atoms with Crippen molar-refractivity contribution in [1.82, 2.24) is 14.9 Å². The Bertz CT molecular complexity index is 1010. The molecule has 2 aliphatic heterocycles. The van der Waals surface area contributed by atoms with Crippen molar-refractivity contribution in [2.45, 2.75) is 0 Å². The van der Waals surface area contributed by atoms with Crippen LogP contribution in [0.2, 0.25) is 0 Å². The van der Waals surface area contributed by atoms with Crippen LogP contribution in [0, 0.1) is 0 Å². The van der Waals surface area contributed by atoms with Gasteiger partial charge in [0.05, 0.1) is 23.1 Å². The Balaban J connectivity index is 1.36. The molecule has 0 atom stereocenters. The van der Waals surface area contributed by atoms with Crippen molar-refractivity contribution in [2.24, 2.45) is 0 Å². The molecule has 3 aromatic rings. The summed E-state index contributed by atoms with van der Waals surface area (Å²) in [5.41, 5.74) is 2.28. The number of hydrogen-bond donors (Lipinski definition) is 0. The molecule has 160 valence electrons. The predicted molar refractivity (Wildman–Crippen MR) is 123 cm³/mol. The van der Waals surface area contributed by atoms with Gasteiger partial charge in [0, 0.05) is 57.2 Å². The third-order valence-corrected chi connectivity index (χ3v) is 6.89. The lowest BCUT2D eigenvalue weighted by Crippen LogP contribution is -2.49. The average molecular weight is 436 g/mol. The van der Waals surface area contributed by atoms with E-state index in [1.165, 1.54) is 0 Å². The Morgan fingerprint density at radius 3 is 2.29 bits per heavy atom. The molecular formula is C23H25N5O2S. The Morgan fingerprint density at radius 2 is 1.58 bits per heavy atom. The van der Waals surface area contributed by atoms with Crippen LogP contribution in [0.5, 0.6) is 0 Å². The third kappa shape index (κ3) is 4.26. The normalized spacial score (nSPS) is 17.1. The number of aromatic nitrogens is 2. The molecule has 0 N–H and O–H groups in total. The first-order valence-electron chi connectivity index (χ1n) is 10.6. The SMILES string of the molecule is O=C(c1cc(-c2ccccc2)c(N2CCOCC2)s1)N1CCN(c2ncccn2)CC1. The van der Waals surface area contributed by atoms with Crippen LogP contribution in [0.25, 0.3) is 11.1 Å². The van der Waals surface area contributed by atoms with Crippen molar-refractivity contribution in [3.8, 4) is 11.1 Å². The van der Waals surface area contributed by atoms with Gasteiger partial charge >= 0.3 is 0 Å². The van der Waals surface area contributed by atoms with E-state index in [0.29, 0.717) is 13.1 Å². The fourth-order valence-corrected chi connectivity index (χ4v) is 5.23. The maximum absolute atomic E-state index is 13.4. The van der Waals surface area contributed by atoms with Gasteiger partial charge in [0.2, 0.25) is 5.95 Å². The molecule has 0 bridgehead atoms. The zero-order valence-electron chi connectivity index (χ0n) is 17.3. The van der Waals surface area contributed by atoms with E-state index in [4.69, 9.17) is 4.74 Å². The van der Waals surface area contributed by atoms with Gasteiger partial charge in [-0.3, -0.25) is 4.79 Å². The molecule has 5 rings (SSSR count). The highest BCUT2D eigenvalue weighted by molar-refractivity contribution is 7.18. The second-order valence-corrected chi connectivity index (χ2v) is 8.65. The van der Waals surface area contributed by atoms with Gasteiger partial charge in [-0.15, -0.1) is 11.3 Å². The predicted octanol–water partition coefficient (Wildman–Crippen LogP) is 3.00. The van der Waals surface area contributed by atoms with E-state index in [-0.39, 0.29) is 5.91 Å². The number of carbonyl (C=O) groups excluding carboxylic acids is 1. The number of ether oxygens (including phenoxy) is 1. The monoisotopic (exact) mass is 435 g/mol. The van der Waals surface area contributed by atoms with E-state index in [1.54, 1.807) is 23.7 Å². The first-order chi connectivity index (χ1) is 15.3. The van der Waals surface area contributed by atoms with Gasteiger partial charge in [-0.05, 0) is 17.7 Å². The van der Waals surface area contributed by atoms with Gasteiger partial charge in [-0.1, -0.05) is 30.3 Å². The van der Waals surface area contributed by atoms with E-state index in [9.17, 15) is 4.79 Å². The fraction of sp³-hybridized carbons (Fsp3) is 0.348. The van der Waals surface area contributed by atoms with E-state index in [1.807, 2.05) is 29.2 Å². The molecule has 0 aliphatic carbocycles. The van der Waals surface area contributed by atoms with Gasteiger partial charge < -0.3 is 19.4 Å². The maximum Gasteiger partial charge on any atom is 0.264 e. The van der Waals surface area contributed by atoms with Crippen molar-refractivity contribution >= 4 is 28.2 Å². The van der Waals surface area contributed by atoms with Gasteiger partial charge in [0.1, 0.15) is 0 Å². The molecule has 2 aromatic heterocycles. The van der Waals surface area contributed by atoms with Gasteiger partial charge in [-0.25, -0.2) is 9.97 Å². The Kier molecular flexibility index (Phi) is 5.82. The molecule has 7 nitrogen and oxygen atoms in total. The molecule has 0 radical (unpaired) electrons.